The van der Waals surface area contributed by atoms with Crippen molar-refractivity contribution >= 4 is 17.7 Å². The van der Waals surface area contributed by atoms with Gasteiger partial charge >= 0.3 is 12.1 Å². The highest BCUT2D eigenvalue weighted by Gasteiger charge is 2.24. The lowest BCUT2D eigenvalue weighted by atomic mass is 10.0. The molecule has 1 amide bonds. The van der Waals surface area contributed by atoms with Crippen LogP contribution >= 0.6 is 0 Å². The van der Waals surface area contributed by atoms with Crippen molar-refractivity contribution in [2.45, 2.75) is 39.3 Å². The molecule has 8 nitrogen and oxygen atoms in total. The Kier molecular flexibility index (Phi) is 5.08. The number of benzene rings is 1. The van der Waals surface area contributed by atoms with Crippen LogP contribution in [-0.2, 0) is 4.74 Å². The smallest absolute Gasteiger partial charge is 0.408 e. The number of nitrogens with one attached hydrogen (secondary N) is 1. The molecule has 0 bridgehead atoms. The largest absolute Gasteiger partial charge is 0.478 e. The van der Waals surface area contributed by atoms with Crippen molar-refractivity contribution in [2.24, 2.45) is 0 Å². The van der Waals surface area contributed by atoms with Crippen molar-refractivity contribution in [3.63, 3.8) is 0 Å². The Bertz CT molecular complexity index is 606. The van der Waals surface area contributed by atoms with Crippen LogP contribution in [0.15, 0.2) is 18.2 Å². The Balaban J connectivity index is 3.02. The van der Waals surface area contributed by atoms with E-state index in [4.69, 9.17) is 9.84 Å². The quantitative estimate of drug-likeness (QED) is 0.652. The number of alkyl carbamates (subject to hydrolysis) is 1. The van der Waals surface area contributed by atoms with Crippen LogP contribution < -0.4 is 5.32 Å². The first-order valence-electron chi connectivity index (χ1n) is 6.52. The highest BCUT2D eigenvalue weighted by molar-refractivity contribution is 5.88. The molecule has 1 aromatic carbocycles. The number of carboxylic acid groups (broad SMARTS) is 1. The van der Waals surface area contributed by atoms with E-state index < -0.39 is 28.6 Å². The second-order valence-corrected chi connectivity index (χ2v) is 5.70. The van der Waals surface area contributed by atoms with Crippen molar-refractivity contribution in [1.82, 2.24) is 5.32 Å². The van der Waals surface area contributed by atoms with Crippen LogP contribution in [0.3, 0.4) is 0 Å². The molecule has 0 aromatic heterocycles. The molecule has 1 atom stereocenters. The average molecular weight is 310 g/mol. The van der Waals surface area contributed by atoms with Crippen LogP contribution in [0.2, 0.25) is 0 Å². The minimum Gasteiger partial charge on any atom is -0.478 e. The number of carbonyl (C=O) groups is 2. The maximum absolute atomic E-state index is 11.7. The molecule has 1 rings (SSSR count). The molecule has 1 aromatic rings. The van der Waals surface area contributed by atoms with E-state index in [-0.39, 0.29) is 16.8 Å². The number of hydrogen-bond donors (Lipinski definition) is 2. The number of rotatable bonds is 4. The number of ether oxygens (including phenoxy) is 1. The van der Waals surface area contributed by atoms with Gasteiger partial charge in [-0.25, -0.2) is 9.59 Å². The van der Waals surface area contributed by atoms with E-state index in [9.17, 15) is 19.7 Å². The summed E-state index contributed by atoms with van der Waals surface area (Å²) in [7, 11) is 0. The van der Waals surface area contributed by atoms with Crippen LogP contribution in [0.25, 0.3) is 0 Å². The Hall–Kier alpha value is -2.64. The molecule has 2 N–H and O–H groups in total. The molecular formula is C14H18N2O6. The zero-order chi connectivity index (χ0) is 17.1. The van der Waals surface area contributed by atoms with Crippen LogP contribution in [-0.4, -0.2) is 27.7 Å². The lowest BCUT2D eigenvalue weighted by molar-refractivity contribution is -0.385. The fraction of sp³-hybridized carbons (Fsp3) is 0.429. The highest BCUT2D eigenvalue weighted by atomic mass is 16.6. The van der Waals surface area contributed by atoms with Gasteiger partial charge < -0.3 is 15.2 Å². The van der Waals surface area contributed by atoms with E-state index >= 15 is 0 Å². The summed E-state index contributed by atoms with van der Waals surface area (Å²) in [5.74, 6) is -1.26. The predicted molar refractivity (Wildman–Crippen MR) is 77.8 cm³/mol. The zero-order valence-corrected chi connectivity index (χ0v) is 12.7. The monoisotopic (exact) mass is 310 g/mol. The van der Waals surface area contributed by atoms with Crippen molar-refractivity contribution in [1.29, 1.82) is 0 Å². The minimum absolute atomic E-state index is 0.195. The van der Waals surface area contributed by atoms with Gasteiger partial charge in [0.1, 0.15) is 5.60 Å². The standard InChI is InChI=1S/C14H18N2O6/c1-8(15-13(19)22-14(2,3)4)10-6-5-9(12(17)18)7-11(10)16(20)21/h5-8H,1-4H3,(H,15,19)(H,17,18). The van der Waals surface area contributed by atoms with Crippen LogP contribution in [0.5, 0.6) is 0 Å². The zero-order valence-electron chi connectivity index (χ0n) is 12.7. The normalized spacial score (nSPS) is 12.4. The first-order chi connectivity index (χ1) is 10.0. The molecule has 1 unspecified atom stereocenters. The van der Waals surface area contributed by atoms with E-state index in [0.717, 1.165) is 6.07 Å². The molecule has 8 heteroatoms. The topological polar surface area (TPSA) is 119 Å². The summed E-state index contributed by atoms with van der Waals surface area (Å²) in [5.41, 5.74) is -1.06. The number of aromatic carboxylic acids is 1. The van der Waals surface area contributed by atoms with Crippen molar-refractivity contribution in [3.05, 3.63) is 39.4 Å². The molecule has 0 aliphatic heterocycles. The number of hydrogen-bond acceptors (Lipinski definition) is 5. The number of nitro groups is 1. The van der Waals surface area contributed by atoms with Crippen LogP contribution in [0, 0.1) is 10.1 Å². The maximum Gasteiger partial charge on any atom is 0.408 e. The van der Waals surface area contributed by atoms with E-state index in [2.05, 4.69) is 5.32 Å². The molecule has 0 saturated carbocycles. The molecule has 22 heavy (non-hydrogen) atoms. The molecule has 0 spiro atoms. The third-order valence-electron chi connectivity index (χ3n) is 2.67. The van der Waals surface area contributed by atoms with Gasteiger partial charge in [0, 0.05) is 6.07 Å². The Labute approximate surface area is 127 Å². The predicted octanol–water partition coefficient (Wildman–Crippen LogP) is 2.88. The molecule has 0 fully saturated rings. The highest BCUT2D eigenvalue weighted by Crippen LogP contribution is 2.26. The first kappa shape index (κ1) is 17.4. The van der Waals surface area contributed by atoms with E-state index in [1.54, 1.807) is 27.7 Å². The molecule has 0 saturated heterocycles. The van der Waals surface area contributed by atoms with Gasteiger partial charge in [0.25, 0.3) is 5.69 Å². The second kappa shape index (κ2) is 6.42. The lowest BCUT2D eigenvalue weighted by Gasteiger charge is -2.22. The average Bonchev–Trinajstić information content (AvgIpc) is 2.35. The number of nitro benzene ring substituents is 1. The molecule has 120 valence electrons. The Morgan fingerprint density at radius 2 is 1.95 bits per heavy atom. The van der Waals surface area contributed by atoms with Gasteiger partial charge in [-0.3, -0.25) is 10.1 Å². The Morgan fingerprint density at radius 3 is 2.41 bits per heavy atom. The summed E-state index contributed by atoms with van der Waals surface area (Å²) in [6, 6.07) is 2.81. The SMILES string of the molecule is CC(NC(=O)OC(C)(C)C)c1ccc(C(=O)O)cc1[N+](=O)[O-]. The van der Waals surface area contributed by atoms with Gasteiger partial charge in [-0.05, 0) is 39.8 Å². The summed E-state index contributed by atoms with van der Waals surface area (Å²) >= 11 is 0. The fourth-order valence-corrected chi connectivity index (χ4v) is 1.76. The summed E-state index contributed by atoms with van der Waals surface area (Å²) in [4.78, 5) is 33.0. The lowest BCUT2D eigenvalue weighted by Crippen LogP contribution is -2.34. The van der Waals surface area contributed by atoms with Gasteiger partial charge in [0.05, 0.1) is 22.1 Å². The van der Waals surface area contributed by atoms with Crippen molar-refractivity contribution in [3.8, 4) is 0 Å². The molecule has 0 heterocycles. The molecule has 0 aliphatic carbocycles. The number of nitrogens with zero attached hydrogens (tertiary/aromatic N) is 1. The van der Waals surface area contributed by atoms with E-state index in [1.165, 1.54) is 12.1 Å². The fourth-order valence-electron chi connectivity index (χ4n) is 1.76. The van der Waals surface area contributed by atoms with E-state index in [1.807, 2.05) is 0 Å². The second-order valence-electron chi connectivity index (χ2n) is 5.70. The molecular weight excluding hydrogens is 292 g/mol. The van der Waals surface area contributed by atoms with Crippen molar-refractivity contribution < 1.29 is 24.4 Å². The molecule has 0 aliphatic rings. The van der Waals surface area contributed by atoms with Gasteiger partial charge in [-0.2, -0.15) is 0 Å². The number of amides is 1. The van der Waals surface area contributed by atoms with Gasteiger partial charge in [0.2, 0.25) is 0 Å². The Morgan fingerprint density at radius 1 is 1.36 bits per heavy atom. The van der Waals surface area contributed by atoms with Gasteiger partial charge in [-0.15, -0.1) is 0 Å². The van der Waals surface area contributed by atoms with Crippen LogP contribution in [0.1, 0.15) is 49.7 Å². The van der Waals surface area contributed by atoms with E-state index in [0.29, 0.717) is 0 Å². The minimum atomic E-state index is -1.26. The third kappa shape index (κ3) is 4.72. The van der Waals surface area contributed by atoms with Crippen molar-refractivity contribution in [2.75, 3.05) is 0 Å². The summed E-state index contributed by atoms with van der Waals surface area (Å²) in [6.45, 7) is 6.64. The van der Waals surface area contributed by atoms with Gasteiger partial charge in [0.15, 0.2) is 0 Å². The maximum atomic E-state index is 11.7. The molecule has 0 radical (unpaired) electrons. The number of carboxylic acids is 1. The third-order valence-corrected chi connectivity index (χ3v) is 2.67. The summed E-state index contributed by atoms with van der Waals surface area (Å²) in [5, 5.41) is 22.4. The first-order valence-corrected chi connectivity index (χ1v) is 6.52. The van der Waals surface area contributed by atoms with Gasteiger partial charge in [-0.1, -0.05) is 0 Å². The van der Waals surface area contributed by atoms with Crippen LogP contribution in [0.4, 0.5) is 10.5 Å². The summed E-state index contributed by atoms with van der Waals surface area (Å²) < 4.78 is 5.08. The summed E-state index contributed by atoms with van der Waals surface area (Å²) in [6.07, 6.45) is -0.711. The number of carbonyl (C=O) groups excluding carboxylic acids is 1.